The molecule has 3 N–H and O–H groups in total. The van der Waals surface area contributed by atoms with Gasteiger partial charge in [0.2, 0.25) is 23.8 Å². The van der Waals surface area contributed by atoms with Crippen molar-refractivity contribution in [2.75, 3.05) is 22.1 Å². The number of carbonyl (C=O) groups is 1. The third-order valence-electron chi connectivity index (χ3n) is 6.43. The molecular formula is C22H24FN9O. The first kappa shape index (κ1) is 20.0. The fraction of sp³-hybridized carbons (Fsp3) is 0.455. The first-order chi connectivity index (χ1) is 16.1. The van der Waals surface area contributed by atoms with Gasteiger partial charge >= 0.3 is 0 Å². The quantitative estimate of drug-likeness (QED) is 0.491. The lowest BCUT2D eigenvalue weighted by molar-refractivity contribution is -0.117. The average molecular weight is 449 g/mol. The molecule has 3 aliphatic rings. The number of pyridine rings is 1. The van der Waals surface area contributed by atoms with E-state index in [9.17, 15) is 9.18 Å². The number of aryl methyl sites for hydroxylation is 1. The van der Waals surface area contributed by atoms with Crippen molar-refractivity contribution >= 4 is 29.3 Å². The summed E-state index contributed by atoms with van der Waals surface area (Å²) in [6.45, 7) is 0.685. The molecule has 0 spiro atoms. The number of hydrogen-bond donors (Lipinski definition) is 3. The number of amides is 1. The van der Waals surface area contributed by atoms with Gasteiger partial charge in [-0.1, -0.05) is 0 Å². The SMILES string of the molecule is O=C(Nc1ccc(F)nc1)[C@@H]1CCCN1c1nc2c(c(Nc3n[nH]c(C4CC4)n3)n1)CCC2. The number of carbonyl (C=O) groups excluding carboxylic acids is 1. The summed E-state index contributed by atoms with van der Waals surface area (Å²) in [5, 5.41) is 13.4. The maximum Gasteiger partial charge on any atom is 0.247 e. The highest BCUT2D eigenvalue weighted by Crippen LogP contribution is 2.38. The fourth-order valence-electron chi connectivity index (χ4n) is 4.58. The molecular weight excluding hydrogens is 425 g/mol. The van der Waals surface area contributed by atoms with Crippen molar-refractivity contribution < 1.29 is 9.18 Å². The Kier molecular flexibility index (Phi) is 4.88. The molecule has 0 aromatic carbocycles. The molecule has 170 valence electrons. The van der Waals surface area contributed by atoms with Crippen molar-refractivity contribution in [3.05, 3.63) is 41.4 Å². The van der Waals surface area contributed by atoms with Gasteiger partial charge in [0, 0.05) is 18.0 Å². The molecule has 1 amide bonds. The van der Waals surface area contributed by atoms with E-state index in [-0.39, 0.29) is 5.91 Å². The number of hydrogen-bond acceptors (Lipinski definition) is 8. The van der Waals surface area contributed by atoms with Gasteiger partial charge in [0.25, 0.3) is 0 Å². The van der Waals surface area contributed by atoms with E-state index in [1.54, 1.807) is 0 Å². The molecule has 4 heterocycles. The van der Waals surface area contributed by atoms with E-state index in [0.29, 0.717) is 42.3 Å². The molecule has 10 nitrogen and oxygen atoms in total. The highest BCUT2D eigenvalue weighted by Gasteiger charge is 2.34. The Morgan fingerprint density at radius 1 is 1.12 bits per heavy atom. The van der Waals surface area contributed by atoms with Gasteiger partial charge in [-0.3, -0.25) is 9.89 Å². The Bertz CT molecular complexity index is 1190. The molecule has 1 saturated heterocycles. The van der Waals surface area contributed by atoms with Crippen LogP contribution in [0.25, 0.3) is 0 Å². The summed E-state index contributed by atoms with van der Waals surface area (Å²) in [6.07, 6.45) is 7.95. The van der Waals surface area contributed by atoms with E-state index in [0.717, 1.165) is 55.6 Å². The molecule has 33 heavy (non-hydrogen) atoms. The Hall–Kier alpha value is -3.63. The maximum absolute atomic E-state index is 13.1. The average Bonchev–Trinajstić information content (AvgIpc) is 3.20. The third kappa shape index (κ3) is 3.98. The first-order valence-electron chi connectivity index (χ1n) is 11.4. The van der Waals surface area contributed by atoms with Crippen molar-refractivity contribution in [3.63, 3.8) is 0 Å². The molecule has 1 saturated carbocycles. The van der Waals surface area contributed by atoms with Gasteiger partial charge in [-0.2, -0.15) is 14.4 Å². The number of H-pyrrole nitrogens is 1. The van der Waals surface area contributed by atoms with E-state index in [2.05, 4.69) is 30.8 Å². The second-order valence-electron chi connectivity index (χ2n) is 8.80. The lowest BCUT2D eigenvalue weighted by Crippen LogP contribution is -2.40. The number of aromatic amines is 1. The summed E-state index contributed by atoms with van der Waals surface area (Å²) in [4.78, 5) is 32.7. The van der Waals surface area contributed by atoms with Crippen LogP contribution >= 0.6 is 0 Å². The molecule has 0 bridgehead atoms. The molecule has 3 aromatic rings. The number of nitrogens with zero attached hydrogens (tertiary/aromatic N) is 6. The number of fused-ring (bicyclic) bond motifs is 1. The van der Waals surface area contributed by atoms with Crippen LogP contribution in [0.3, 0.4) is 0 Å². The predicted molar refractivity (Wildman–Crippen MR) is 119 cm³/mol. The number of aromatic nitrogens is 6. The van der Waals surface area contributed by atoms with E-state index in [1.807, 2.05) is 4.90 Å². The van der Waals surface area contributed by atoms with Crippen LogP contribution in [-0.2, 0) is 17.6 Å². The van der Waals surface area contributed by atoms with Crippen molar-refractivity contribution in [2.24, 2.45) is 0 Å². The van der Waals surface area contributed by atoms with E-state index in [4.69, 9.17) is 9.97 Å². The minimum atomic E-state index is -0.585. The largest absolute Gasteiger partial charge is 0.329 e. The van der Waals surface area contributed by atoms with Gasteiger partial charge < -0.3 is 15.5 Å². The monoisotopic (exact) mass is 449 g/mol. The van der Waals surface area contributed by atoms with Gasteiger partial charge in [-0.25, -0.2) is 9.97 Å². The third-order valence-corrected chi connectivity index (χ3v) is 6.43. The van der Waals surface area contributed by atoms with Gasteiger partial charge in [0.1, 0.15) is 17.7 Å². The van der Waals surface area contributed by atoms with E-state index in [1.165, 1.54) is 18.3 Å². The highest BCUT2D eigenvalue weighted by atomic mass is 19.1. The molecule has 3 aromatic heterocycles. The molecule has 1 aliphatic heterocycles. The van der Waals surface area contributed by atoms with E-state index >= 15 is 0 Å². The molecule has 6 rings (SSSR count). The molecule has 1 atom stereocenters. The topological polar surface area (TPSA) is 125 Å². The van der Waals surface area contributed by atoms with Crippen molar-refractivity contribution in [1.29, 1.82) is 0 Å². The normalized spacial score (nSPS) is 19.5. The van der Waals surface area contributed by atoms with Crippen molar-refractivity contribution in [1.82, 2.24) is 30.1 Å². The second kappa shape index (κ2) is 8.05. The van der Waals surface area contributed by atoms with Gasteiger partial charge in [-0.05, 0) is 57.1 Å². The molecule has 0 radical (unpaired) electrons. The Labute approximate surface area is 189 Å². The van der Waals surface area contributed by atoms with Crippen LogP contribution in [0.4, 0.5) is 27.8 Å². The lowest BCUT2D eigenvalue weighted by Gasteiger charge is -2.25. The zero-order chi connectivity index (χ0) is 22.4. The van der Waals surface area contributed by atoms with Crippen LogP contribution in [0.1, 0.15) is 55.1 Å². The lowest BCUT2D eigenvalue weighted by atomic mass is 10.2. The number of anilines is 4. The first-order valence-corrected chi connectivity index (χ1v) is 11.4. The fourth-order valence-corrected chi connectivity index (χ4v) is 4.58. The van der Waals surface area contributed by atoms with Gasteiger partial charge in [0.05, 0.1) is 17.6 Å². The minimum Gasteiger partial charge on any atom is -0.329 e. The van der Waals surface area contributed by atoms with Crippen LogP contribution in [-0.4, -0.2) is 48.6 Å². The minimum absolute atomic E-state index is 0.178. The summed E-state index contributed by atoms with van der Waals surface area (Å²) in [5.74, 6) is 2.39. The summed E-state index contributed by atoms with van der Waals surface area (Å²) in [6, 6.07) is 2.31. The zero-order valence-electron chi connectivity index (χ0n) is 18.0. The van der Waals surface area contributed by atoms with Crippen LogP contribution in [0.15, 0.2) is 18.3 Å². The predicted octanol–water partition coefficient (Wildman–Crippen LogP) is 2.85. The highest BCUT2D eigenvalue weighted by molar-refractivity contribution is 5.96. The van der Waals surface area contributed by atoms with Crippen LogP contribution in [0.5, 0.6) is 0 Å². The summed E-state index contributed by atoms with van der Waals surface area (Å²) in [5.41, 5.74) is 2.56. The number of rotatable bonds is 6. The number of halogens is 1. The molecule has 11 heteroatoms. The molecule has 0 unspecified atom stereocenters. The van der Waals surface area contributed by atoms with Gasteiger partial charge in [0.15, 0.2) is 0 Å². The maximum atomic E-state index is 13.1. The van der Waals surface area contributed by atoms with Crippen molar-refractivity contribution in [3.8, 4) is 0 Å². The van der Waals surface area contributed by atoms with Crippen LogP contribution in [0, 0.1) is 5.95 Å². The Morgan fingerprint density at radius 2 is 2.03 bits per heavy atom. The zero-order valence-corrected chi connectivity index (χ0v) is 18.0. The summed E-state index contributed by atoms with van der Waals surface area (Å²) < 4.78 is 13.1. The standard InChI is InChI=1S/C22H24FN9O/c23-17-9-8-13(11-24-17)25-20(33)16-5-2-10-32(16)22-26-15-4-1-3-14(15)19(29-22)28-21-27-18(30-31-21)12-6-7-12/h8-9,11-12,16H,1-7,10H2,(H,25,33)(H2,26,27,28,29,30,31)/t16-/m0/s1. The summed E-state index contributed by atoms with van der Waals surface area (Å²) >= 11 is 0. The molecule has 2 aliphatic carbocycles. The molecule has 2 fully saturated rings. The van der Waals surface area contributed by atoms with E-state index < -0.39 is 12.0 Å². The number of nitrogens with one attached hydrogen (secondary N) is 3. The summed E-state index contributed by atoms with van der Waals surface area (Å²) in [7, 11) is 0. The van der Waals surface area contributed by atoms with Gasteiger partial charge in [-0.15, -0.1) is 5.10 Å². The van der Waals surface area contributed by atoms with Crippen LogP contribution in [0.2, 0.25) is 0 Å². The second-order valence-corrected chi connectivity index (χ2v) is 8.80. The Morgan fingerprint density at radius 3 is 2.85 bits per heavy atom. The van der Waals surface area contributed by atoms with Crippen molar-refractivity contribution in [2.45, 2.75) is 56.9 Å². The Balaban J connectivity index is 1.25. The smallest absolute Gasteiger partial charge is 0.247 e. The van der Waals surface area contributed by atoms with Crippen LogP contribution < -0.4 is 15.5 Å².